The minimum absolute atomic E-state index is 0.797. The third-order valence-electron chi connectivity index (χ3n) is 2.67. The smallest absolute Gasteiger partial charge is 0.0732 e. The third kappa shape index (κ3) is 4.05. The Morgan fingerprint density at radius 1 is 1.28 bits per heavy atom. The number of H-pyrrole nitrogens is 1. The fourth-order valence-corrected chi connectivity index (χ4v) is 2.63. The maximum Gasteiger partial charge on any atom is 0.0732 e. The van der Waals surface area contributed by atoms with Crippen LogP contribution in [0.4, 0.5) is 0 Å². The zero-order chi connectivity index (χ0) is 12.6. The van der Waals surface area contributed by atoms with Crippen LogP contribution in [0.25, 0.3) is 10.9 Å². The molecule has 1 aromatic heterocycles. The topological polar surface area (TPSA) is 37.0 Å². The molecule has 2 rings (SSSR count). The van der Waals surface area contributed by atoms with E-state index in [4.69, 9.17) is 4.74 Å². The zero-order valence-electron chi connectivity index (χ0n) is 10.7. The van der Waals surface area contributed by atoms with Gasteiger partial charge in [0.1, 0.15) is 0 Å². The number of thioether (sulfide) groups is 1. The summed E-state index contributed by atoms with van der Waals surface area (Å²) >= 11 is 1.85. The van der Waals surface area contributed by atoms with Gasteiger partial charge >= 0.3 is 0 Å². The average Bonchev–Trinajstić information content (AvgIpc) is 2.80. The number of aromatic nitrogens is 1. The van der Waals surface area contributed by atoms with Crippen LogP contribution < -0.4 is 5.32 Å². The molecule has 0 unspecified atom stereocenters. The van der Waals surface area contributed by atoms with Crippen LogP contribution >= 0.6 is 11.8 Å². The van der Waals surface area contributed by atoms with Gasteiger partial charge in [-0.25, -0.2) is 0 Å². The van der Waals surface area contributed by atoms with Gasteiger partial charge in [-0.3, -0.25) is 0 Å². The highest BCUT2D eigenvalue weighted by atomic mass is 32.2. The Hall–Kier alpha value is -0.970. The van der Waals surface area contributed by atoms with Gasteiger partial charge in [0.25, 0.3) is 0 Å². The molecular weight excluding hydrogens is 244 g/mol. The van der Waals surface area contributed by atoms with Crippen molar-refractivity contribution in [3.8, 4) is 0 Å². The van der Waals surface area contributed by atoms with Gasteiger partial charge in [-0.05, 0) is 19.1 Å². The summed E-state index contributed by atoms with van der Waals surface area (Å²) in [6.07, 6.45) is 0. The predicted octanol–water partition coefficient (Wildman–Crippen LogP) is 2.89. The molecule has 4 heteroatoms. The first-order valence-electron chi connectivity index (χ1n) is 6.39. The van der Waals surface area contributed by atoms with Gasteiger partial charge < -0.3 is 15.0 Å². The number of aromatic amines is 1. The lowest BCUT2D eigenvalue weighted by molar-refractivity contribution is 0.150. The number of rotatable bonds is 8. The number of fused-ring (bicyclic) bond motifs is 1. The van der Waals surface area contributed by atoms with Crippen molar-refractivity contribution in [1.29, 1.82) is 0 Å². The summed E-state index contributed by atoms with van der Waals surface area (Å²) in [7, 11) is 0. The van der Waals surface area contributed by atoms with Crippen LogP contribution in [0.1, 0.15) is 6.92 Å². The molecule has 18 heavy (non-hydrogen) atoms. The lowest BCUT2D eigenvalue weighted by Gasteiger charge is -2.03. The van der Waals surface area contributed by atoms with E-state index in [-0.39, 0.29) is 0 Å². The molecule has 0 aliphatic heterocycles. The number of benzene rings is 1. The molecular formula is C14H20N2OS. The van der Waals surface area contributed by atoms with Crippen LogP contribution in [-0.4, -0.2) is 37.0 Å². The number of hydrogen-bond acceptors (Lipinski definition) is 3. The Morgan fingerprint density at radius 3 is 3.00 bits per heavy atom. The van der Waals surface area contributed by atoms with Crippen LogP contribution in [0.2, 0.25) is 0 Å². The molecule has 98 valence electrons. The van der Waals surface area contributed by atoms with Crippen molar-refractivity contribution in [3.05, 3.63) is 30.3 Å². The molecule has 2 N–H and O–H groups in total. The second-order valence-corrected chi connectivity index (χ2v) is 5.15. The third-order valence-corrected chi connectivity index (χ3v) is 3.61. The fraction of sp³-hybridized carbons (Fsp3) is 0.429. The quantitative estimate of drug-likeness (QED) is 0.568. The molecule has 0 spiro atoms. The largest absolute Gasteiger partial charge is 0.380 e. The summed E-state index contributed by atoms with van der Waals surface area (Å²) in [5.74, 6) is 1.07. The Kier molecular flexibility index (Phi) is 5.58. The number of para-hydroxylation sites is 1. The van der Waals surface area contributed by atoms with Gasteiger partial charge in [0.2, 0.25) is 0 Å². The van der Waals surface area contributed by atoms with Gasteiger partial charge in [0, 0.05) is 36.4 Å². The first-order valence-corrected chi connectivity index (χ1v) is 7.37. The second-order valence-electron chi connectivity index (χ2n) is 4.02. The van der Waals surface area contributed by atoms with Crippen LogP contribution in [0.15, 0.2) is 35.4 Å². The highest BCUT2D eigenvalue weighted by Crippen LogP contribution is 2.22. The minimum atomic E-state index is 0.797. The van der Waals surface area contributed by atoms with Gasteiger partial charge in [-0.15, -0.1) is 11.8 Å². The normalized spacial score (nSPS) is 11.2. The van der Waals surface area contributed by atoms with Crippen molar-refractivity contribution < 1.29 is 4.74 Å². The molecule has 2 aromatic rings. The van der Waals surface area contributed by atoms with Crippen LogP contribution in [-0.2, 0) is 4.74 Å². The zero-order valence-corrected chi connectivity index (χ0v) is 11.6. The van der Waals surface area contributed by atoms with E-state index in [2.05, 4.69) is 40.6 Å². The maximum atomic E-state index is 5.26. The lowest BCUT2D eigenvalue weighted by atomic mass is 10.3. The Bertz CT molecular complexity index is 437. The summed E-state index contributed by atoms with van der Waals surface area (Å²) in [5.41, 5.74) is 1.21. The summed E-state index contributed by atoms with van der Waals surface area (Å²) in [5, 5.41) is 5.88. The molecule has 0 saturated carbocycles. The molecule has 0 fully saturated rings. The van der Waals surface area contributed by atoms with Gasteiger partial charge in [0.05, 0.1) is 11.6 Å². The van der Waals surface area contributed by atoms with E-state index < -0.39 is 0 Å². The summed E-state index contributed by atoms with van der Waals surface area (Å²) < 4.78 is 5.26. The minimum Gasteiger partial charge on any atom is -0.380 e. The van der Waals surface area contributed by atoms with E-state index in [1.165, 1.54) is 15.9 Å². The molecule has 0 saturated heterocycles. The molecule has 0 atom stereocenters. The standard InChI is InChI=1S/C14H20N2OS/c1-2-17-9-7-15-8-10-18-14-11-12-5-3-4-6-13(12)16-14/h3-6,11,15-16H,2,7-10H2,1H3. The van der Waals surface area contributed by atoms with Crippen LogP contribution in [0.5, 0.6) is 0 Å². The Morgan fingerprint density at radius 2 is 2.17 bits per heavy atom. The van der Waals surface area contributed by atoms with E-state index >= 15 is 0 Å². The number of ether oxygens (including phenoxy) is 1. The second kappa shape index (κ2) is 7.46. The first kappa shape index (κ1) is 13.5. The van der Waals surface area contributed by atoms with Crippen molar-refractivity contribution in [2.45, 2.75) is 11.9 Å². The van der Waals surface area contributed by atoms with Crippen molar-refractivity contribution in [3.63, 3.8) is 0 Å². The Balaban J connectivity index is 1.67. The van der Waals surface area contributed by atoms with Gasteiger partial charge in [0.15, 0.2) is 0 Å². The van der Waals surface area contributed by atoms with Crippen molar-refractivity contribution in [2.75, 3.05) is 32.1 Å². The average molecular weight is 264 g/mol. The monoisotopic (exact) mass is 264 g/mol. The Labute approximate surface area is 112 Å². The first-order chi connectivity index (χ1) is 8.90. The van der Waals surface area contributed by atoms with E-state index in [0.29, 0.717) is 0 Å². The summed E-state index contributed by atoms with van der Waals surface area (Å²) in [6, 6.07) is 10.6. The van der Waals surface area contributed by atoms with E-state index in [9.17, 15) is 0 Å². The van der Waals surface area contributed by atoms with Crippen LogP contribution in [0.3, 0.4) is 0 Å². The molecule has 1 heterocycles. The maximum absolute atomic E-state index is 5.26. The van der Waals surface area contributed by atoms with Gasteiger partial charge in [-0.2, -0.15) is 0 Å². The number of hydrogen-bond donors (Lipinski definition) is 2. The van der Waals surface area contributed by atoms with Gasteiger partial charge in [-0.1, -0.05) is 18.2 Å². The van der Waals surface area contributed by atoms with Crippen molar-refractivity contribution >= 4 is 22.7 Å². The molecule has 0 amide bonds. The van der Waals surface area contributed by atoms with E-state index in [0.717, 1.165) is 32.1 Å². The van der Waals surface area contributed by atoms with Crippen LogP contribution in [0, 0.1) is 0 Å². The van der Waals surface area contributed by atoms with E-state index in [1.807, 2.05) is 18.7 Å². The molecule has 0 bridgehead atoms. The van der Waals surface area contributed by atoms with E-state index in [1.54, 1.807) is 0 Å². The predicted molar refractivity (Wildman–Crippen MR) is 78.4 cm³/mol. The molecule has 1 aromatic carbocycles. The molecule has 3 nitrogen and oxygen atoms in total. The molecule has 0 aliphatic rings. The fourth-order valence-electron chi connectivity index (χ4n) is 1.77. The SMILES string of the molecule is CCOCCNCCSc1cc2ccccc2[nH]1. The number of nitrogens with one attached hydrogen (secondary N) is 2. The highest BCUT2D eigenvalue weighted by molar-refractivity contribution is 7.99. The summed E-state index contributed by atoms with van der Waals surface area (Å²) in [6.45, 7) is 5.55. The van der Waals surface area contributed by atoms with Crippen molar-refractivity contribution in [2.24, 2.45) is 0 Å². The molecule has 0 radical (unpaired) electrons. The highest BCUT2D eigenvalue weighted by Gasteiger charge is 1.99. The lowest BCUT2D eigenvalue weighted by Crippen LogP contribution is -2.22. The van der Waals surface area contributed by atoms with Crippen molar-refractivity contribution in [1.82, 2.24) is 10.3 Å². The summed E-state index contributed by atoms with van der Waals surface area (Å²) in [4.78, 5) is 3.42. The molecule has 0 aliphatic carbocycles.